The Hall–Kier alpha value is -2.51. The van der Waals surface area contributed by atoms with Crippen molar-refractivity contribution in [1.29, 1.82) is 0 Å². The molecule has 1 aliphatic rings. The van der Waals surface area contributed by atoms with Crippen LogP contribution in [0.2, 0.25) is 0 Å². The lowest BCUT2D eigenvalue weighted by atomic mass is 9.98. The van der Waals surface area contributed by atoms with E-state index in [2.05, 4.69) is 14.9 Å². The van der Waals surface area contributed by atoms with Crippen molar-refractivity contribution in [2.75, 3.05) is 12.8 Å². The predicted molar refractivity (Wildman–Crippen MR) is 113 cm³/mol. The number of pyridine rings is 1. The third kappa shape index (κ3) is 3.97. The smallest absolute Gasteiger partial charge is 0.258 e. The van der Waals surface area contributed by atoms with E-state index in [0.29, 0.717) is 11.1 Å². The Morgan fingerprint density at radius 2 is 1.97 bits per heavy atom. The molecule has 7 heteroatoms. The number of benzene rings is 1. The second-order valence-electron chi connectivity index (χ2n) is 7.40. The van der Waals surface area contributed by atoms with Gasteiger partial charge in [-0.2, -0.15) is 0 Å². The number of halogens is 1. The monoisotopic (exact) mass is 410 g/mol. The molecule has 2 aromatic heterocycles. The summed E-state index contributed by atoms with van der Waals surface area (Å²) in [6.45, 7) is 4.11. The molecule has 5 nitrogen and oxygen atoms in total. The summed E-state index contributed by atoms with van der Waals surface area (Å²) in [5, 5.41) is 0.770. The SMILES string of the molecule is CSc1ncc(CN2CCc3c(cc(-c4ccc(F)c(C)c4)c(=O)n3C)C2)cn1. The molecule has 0 amide bonds. The van der Waals surface area contributed by atoms with Gasteiger partial charge in [0, 0.05) is 62.3 Å². The minimum Gasteiger partial charge on any atom is -0.315 e. The van der Waals surface area contributed by atoms with E-state index in [9.17, 15) is 9.18 Å². The third-order valence-corrected chi connectivity index (χ3v) is 6.00. The second kappa shape index (κ2) is 8.08. The van der Waals surface area contributed by atoms with Crippen LogP contribution in [0.1, 0.15) is 22.4 Å². The molecule has 150 valence electrons. The summed E-state index contributed by atoms with van der Waals surface area (Å²) < 4.78 is 15.4. The van der Waals surface area contributed by atoms with Gasteiger partial charge in [0.15, 0.2) is 5.16 Å². The molecule has 3 aromatic rings. The highest BCUT2D eigenvalue weighted by Gasteiger charge is 2.21. The van der Waals surface area contributed by atoms with Crippen LogP contribution in [0.4, 0.5) is 4.39 Å². The average molecular weight is 411 g/mol. The van der Waals surface area contributed by atoms with E-state index >= 15 is 0 Å². The van der Waals surface area contributed by atoms with Gasteiger partial charge in [-0.1, -0.05) is 17.8 Å². The number of hydrogen-bond donors (Lipinski definition) is 0. The largest absolute Gasteiger partial charge is 0.315 e. The first-order valence-corrected chi connectivity index (χ1v) is 10.7. The second-order valence-corrected chi connectivity index (χ2v) is 8.17. The minimum atomic E-state index is -0.260. The third-order valence-electron chi connectivity index (χ3n) is 5.43. The molecular weight excluding hydrogens is 387 g/mol. The van der Waals surface area contributed by atoms with Crippen LogP contribution >= 0.6 is 11.8 Å². The van der Waals surface area contributed by atoms with Gasteiger partial charge in [-0.25, -0.2) is 14.4 Å². The molecule has 0 fully saturated rings. The van der Waals surface area contributed by atoms with Crippen molar-refractivity contribution in [2.24, 2.45) is 7.05 Å². The summed E-state index contributed by atoms with van der Waals surface area (Å²) in [5.41, 5.74) is 5.15. The topological polar surface area (TPSA) is 51.0 Å². The van der Waals surface area contributed by atoms with Crippen LogP contribution in [0.25, 0.3) is 11.1 Å². The molecule has 0 aliphatic carbocycles. The summed E-state index contributed by atoms with van der Waals surface area (Å²) in [6.07, 6.45) is 6.53. The number of aryl methyl sites for hydroxylation is 1. The van der Waals surface area contributed by atoms with Crippen molar-refractivity contribution in [3.8, 4) is 11.1 Å². The lowest BCUT2D eigenvalue weighted by Crippen LogP contribution is -2.35. The first-order chi connectivity index (χ1) is 14.0. The molecule has 0 saturated heterocycles. The molecule has 4 rings (SSSR count). The van der Waals surface area contributed by atoms with Crippen LogP contribution in [0, 0.1) is 12.7 Å². The van der Waals surface area contributed by atoms with Crippen LogP contribution in [-0.2, 0) is 26.6 Å². The Kier molecular flexibility index (Phi) is 5.52. The van der Waals surface area contributed by atoms with Gasteiger partial charge in [0.1, 0.15) is 5.82 Å². The number of hydrogen-bond acceptors (Lipinski definition) is 5. The molecule has 0 bridgehead atoms. The maximum atomic E-state index is 13.7. The Morgan fingerprint density at radius 1 is 1.21 bits per heavy atom. The van der Waals surface area contributed by atoms with E-state index in [-0.39, 0.29) is 11.4 Å². The number of nitrogens with zero attached hydrogens (tertiary/aromatic N) is 4. The molecule has 1 aliphatic heterocycles. The van der Waals surface area contributed by atoms with Gasteiger partial charge in [0.2, 0.25) is 0 Å². The quantitative estimate of drug-likeness (QED) is 0.486. The summed E-state index contributed by atoms with van der Waals surface area (Å²) in [7, 11) is 1.83. The summed E-state index contributed by atoms with van der Waals surface area (Å²) >= 11 is 1.53. The van der Waals surface area contributed by atoms with Crippen LogP contribution in [0.5, 0.6) is 0 Å². The van der Waals surface area contributed by atoms with Gasteiger partial charge in [-0.05, 0) is 48.1 Å². The summed E-state index contributed by atoms with van der Waals surface area (Å²) in [6, 6.07) is 6.82. The van der Waals surface area contributed by atoms with Crippen molar-refractivity contribution < 1.29 is 4.39 Å². The number of aromatic nitrogens is 3. The Balaban J connectivity index is 1.63. The fourth-order valence-corrected chi connectivity index (χ4v) is 4.15. The van der Waals surface area contributed by atoms with E-state index in [1.807, 2.05) is 31.8 Å². The molecule has 0 atom stereocenters. The van der Waals surface area contributed by atoms with Gasteiger partial charge in [-0.3, -0.25) is 9.69 Å². The molecule has 0 radical (unpaired) electrons. The van der Waals surface area contributed by atoms with Crippen molar-refractivity contribution in [3.63, 3.8) is 0 Å². The number of fused-ring (bicyclic) bond motifs is 1. The molecule has 0 spiro atoms. The zero-order chi connectivity index (χ0) is 20.5. The van der Waals surface area contributed by atoms with E-state index in [1.54, 1.807) is 23.6 Å². The van der Waals surface area contributed by atoms with Gasteiger partial charge in [0.25, 0.3) is 5.56 Å². The normalized spacial score (nSPS) is 14.1. The predicted octanol–water partition coefficient (Wildman–Crippen LogP) is 3.57. The Labute approximate surface area is 173 Å². The van der Waals surface area contributed by atoms with E-state index < -0.39 is 0 Å². The average Bonchev–Trinajstić information content (AvgIpc) is 2.73. The van der Waals surface area contributed by atoms with E-state index in [1.165, 1.54) is 17.8 Å². The van der Waals surface area contributed by atoms with Crippen molar-refractivity contribution in [3.05, 3.63) is 75.2 Å². The lowest BCUT2D eigenvalue weighted by Gasteiger charge is -2.30. The van der Waals surface area contributed by atoms with E-state index in [0.717, 1.165) is 53.6 Å². The van der Waals surface area contributed by atoms with Gasteiger partial charge in [-0.15, -0.1) is 0 Å². The van der Waals surface area contributed by atoms with Crippen LogP contribution in [0.15, 0.2) is 46.6 Å². The minimum absolute atomic E-state index is 0.0377. The summed E-state index contributed by atoms with van der Waals surface area (Å²) in [4.78, 5) is 23.9. The summed E-state index contributed by atoms with van der Waals surface area (Å²) in [5.74, 6) is -0.260. The first-order valence-electron chi connectivity index (χ1n) is 9.52. The fourth-order valence-electron chi connectivity index (χ4n) is 3.83. The van der Waals surface area contributed by atoms with Gasteiger partial charge >= 0.3 is 0 Å². The maximum Gasteiger partial charge on any atom is 0.258 e. The van der Waals surface area contributed by atoms with E-state index in [4.69, 9.17) is 0 Å². The molecular formula is C22H23FN4OS. The highest BCUT2D eigenvalue weighted by atomic mass is 32.2. The molecule has 1 aromatic carbocycles. The molecule has 29 heavy (non-hydrogen) atoms. The van der Waals surface area contributed by atoms with Crippen molar-refractivity contribution >= 4 is 11.8 Å². The standard InChI is InChI=1S/C22H23FN4OS/c1-14-8-16(4-5-19(14)23)18-9-17-13-27(7-6-20(17)26(2)21(18)28)12-15-10-24-22(29-3)25-11-15/h4-5,8-11H,6-7,12-13H2,1-3H3. The zero-order valence-electron chi connectivity index (χ0n) is 16.8. The maximum absolute atomic E-state index is 13.7. The van der Waals surface area contributed by atoms with Gasteiger partial charge < -0.3 is 4.57 Å². The number of thioether (sulfide) groups is 1. The molecule has 0 unspecified atom stereocenters. The number of rotatable bonds is 4. The van der Waals surface area contributed by atoms with Crippen molar-refractivity contribution in [1.82, 2.24) is 19.4 Å². The Morgan fingerprint density at radius 3 is 2.66 bits per heavy atom. The highest BCUT2D eigenvalue weighted by molar-refractivity contribution is 7.98. The highest BCUT2D eigenvalue weighted by Crippen LogP contribution is 2.25. The molecule has 3 heterocycles. The van der Waals surface area contributed by atoms with Gasteiger partial charge in [0.05, 0.1) is 0 Å². The van der Waals surface area contributed by atoms with Crippen molar-refractivity contribution in [2.45, 2.75) is 31.6 Å². The zero-order valence-corrected chi connectivity index (χ0v) is 17.6. The fraction of sp³-hybridized carbons (Fsp3) is 0.318. The van der Waals surface area contributed by atoms with Crippen LogP contribution < -0.4 is 5.56 Å². The molecule has 0 N–H and O–H groups in total. The van der Waals surface area contributed by atoms with Crippen LogP contribution in [-0.4, -0.2) is 32.2 Å². The Bertz CT molecular complexity index is 1110. The van der Waals surface area contributed by atoms with Crippen LogP contribution in [0.3, 0.4) is 0 Å². The first kappa shape index (κ1) is 19.8. The molecule has 0 saturated carbocycles. The lowest BCUT2D eigenvalue weighted by molar-refractivity contribution is 0.240.